The Hall–Kier alpha value is -2.32. The molecule has 0 aliphatic carbocycles. The molecular formula is C20H18ClF4NO3. The summed E-state index contributed by atoms with van der Waals surface area (Å²) in [5.41, 5.74) is -0.641. The van der Waals surface area contributed by atoms with E-state index in [9.17, 15) is 27.5 Å². The summed E-state index contributed by atoms with van der Waals surface area (Å²) < 4.78 is 59.6. The SMILES string of the molecule is COc1ccc(F)cc1C(c1ccc(Cl)c(C(F)(F)F)c1)N1CCCC1C(=O)O. The quantitative estimate of drug-likeness (QED) is 0.666. The highest BCUT2D eigenvalue weighted by molar-refractivity contribution is 6.31. The van der Waals surface area contributed by atoms with Crippen LogP contribution < -0.4 is 4.74 Å². The minimum atomic E-state index is -4.69. The van der Waals surface area contributed by atoms with Crippen LogP contribution in [0.3, 0.4) is 0 Å². The van der Waals surface area contributed by atoms with E-state index in [1.165, 1.54) is 25.3 Å². The number of hydrogen-bond acceptors (Lipinski definition) is 3. The maximum atomic E-state index is 14.0. The van der Waals surface area contributed by atoms with E-state index in [1.807, 2.05) is 0 Å². The molecule has 1 N–H and O–H groups in total. The van der Waals surface area contributed by atoms with Crippen LogP contribution >= 0.6 is 11.6 Å². The number of likely N-dealkylation sites (tertiary alicyclic amines) is 1. The van der Waals surface area contributed by atoms with Crippen LogP contribution in [0.4, 0.5) is 17.6 Å². The van der Waals surface area contributed by atoms with Crippen LogP contribution in [0.2, 0.25) is 5.02 Å². The summed E-state index contributed by atoms with van der Waals surface area (Å²) in [6.45, 7) is 0.325. The van der Waals surface area contributed by atoms with Gasteiger partial charge in [-0.25, -0.2) is 4.39 Å². The van der Waals surface area contributed by atoms with Gasteiger partial charge in [-0.3, -0.25) is 9.69 Å². The van der Waals surface area contributed by atoms with Crippen molar-refractivity contribution in [1.29, 1.82) is 0 Å². The van der Waals surface area contributed by atoms with Gasteiger partial charge in [0.2, 0.25) is 0 Å². The van der Waals surface area contributed by atoms with E-state index in [4.69, 9.17) is 16.3 Å². The molecule has 0 radical (unpaired) electrons. The lowest BCUT2D eigenvalue weighted by Gasteiger charge is -2.33. The second-order valence-electron chi connectivity index (χ2n) is 6.76. The van der Waals surface area contributed by atoms with Crippen molar-refractivity contribution in [3.8, 4) is 5.75 Å². The Bertz CT molecular complexity index is 919. The van der Waals surface area contributed by atoms with Crippen LogP contribution in [0.5, 0.6) is 5.75 Å². The van der Waals surface area contributed by atoms with Crippen LogP contribution in [-0.2, 0) is 11.0 Å². The van der Waals surface area contributed by atoms with Crippen molar-refractivity contribution in [3.05, 3.63) is 63.9 Å². The summed E-state index contributed by atoms with van der Waals surface area (Å²) in [7, 11) is 1.36. The molecule has 9 heteroatoms. The number of carbonyl (C=O) groups is 1. The minimum Gasteiger partial charge on any atom is -0.496 e. The number of ether oxygens (including phenoxy) is 1. The summed E-state index contributed by atoms with van der Waals surface area (Å²) in [5, 5.41) is 9.12. The molecule has 2 unspecified atom stereocenters. The molecule has 4 nitrogen and oxygen atoms in total. The van der Waals surface area contributed by atoms with Gasteiger partial charge < -0.3 is 9.84 Å². The fraction of sp³-hybridized carbons (Fsp3) is 0.350. The number of alkyl halides is 3. The number of carboxylic acid groups (broad SMARTS) is 1. The van der Waals surface area contributed by atoms with Crippen molar-refractivity contribution >= 4 is 17.6 Å². The molecule has 29 heavy (non-hydrogen) atoms. The van der Waals surface area contributed by atoms with Gasteiger partial charge in [0, 0.05) is 12.1 Å². The molecule has 1 fully saturated rings. The van der Waals surface area contributed by atoms with Crippen LogP contribution in [0, 0.1) is 5.82 Å². The fourth-order valence-corrected chi connectivity index (χ4v) is 3.99. The lowest BCUT2D eigenvalue weighted by atomic mass is 9.93. The lowest BCUT2D eigenvalue weighted by molar-refractivity contribution is -0.143. The van der Waals surface area contributed by atoms with Crippen LogP contribution in [0.25, 0.3) is 0 Å². The maximum Gasteiger partial charge on any atom is 0.417 e. The third kappa shape index (κ3) is 4.33. The minimum absolute atomic E-state index is 0.152. The van der Waals surface area contributed by atoms with E-state index in [2.05, 4.69) is 0 Å². The molecule has 0 bridgehead atoms. The van der Waals surface area contributed by atoms with Crippen molar-refractivity contribution < 1.29 is 32.2 Å². The molecule has 0 amide bonds. The molecule has 3 rings (SSSR count). The topological polar surface area (TPSA) is 49.8 Å². The molecule has 1 aliphatic heterocycles. The Kier molecular flexibility index (Phi) is 6.05. The zero-order chi connectivity index (χ0) is 21.3. The second kappa shape index (κ2) is 8.20. The molecule has 2 aromatic rings. The summed E-state index contributed by atoms with van der Waals surface area (Å²) in [6, 6.07) is 5.21. The molecule has 0 spiro atoms. The van der Waals surface area contributed by atoms with E-state index in [-0.39, 0.29) is 16.9 Å². The predicted octanol–water partition coefficient (Wildman–Crippen LogP) is 5.14. The standard InChI is InChI=1S/C20H18ClF4NO3/c1-29-17-7-5-12(22)10-13(17)18(26-8-2-3-16(26)19(27)28)11-4-6-15(21)14(9-11)20(23,24)25/h4-7,9-10,16,18H,2-3,8H2,1H3,(H,27,28). The van der Waals surface area contributed by atoms with Gasteiger partial charge in [-0.15, -0.1) is 0 Å². The van der Waals surface area contributed by atoms with E-state index >= 15 is 0 Å². The highest BCUT2D eigenvalue weighted by Gasteiger charge is 2.40. The molecule has 0 saturated carbocycles. The van der Waals surface area contributed by atoms with E-state index in [0.717, 1.165) is 18.2 Å². The summed E-state index contributed by atoms with van der Waals surface area (Å²) in [4.78, 5) is 13.3. The fourth-order valence-electron chi connectivity index (χ4n) is 3.76. The number of carboxylic acids is 1. The number of halogens is 5. The summed E-state index contributed by atoms with van der Waals surface area (Å²) >= 11 is 5.74. The normalized spacial score (nSPS) is 18.6. The van der Waals surface area contributed by atoms with Crippen LogP contribution in [-0.4, -0.2) is 35.7 Å². The third-order valence-corrected chi connectivity index (χ3v) is 5.34. The Morgan fingerprint density at radius 2 is 2.00 bits per heavy atom. The molecule has 2 aromatic carbocycles. The molecular weight excluding hydrogens is 414 g/mol. The molecule has 1 heterocycles. The average molecular weight is 432 g/mol. The first-order chi connectivity index (χ1) is 13.6. The van der Waals surface area contributed by atoms with Crippen molar-refractivity contribution in [3.63, 3.8) is 0 Å². The summed E-state index contributed by atoms with van der Waals surface area (Å²) in [6.07, 6.45) is -3.81. The Morgan fingerprint density at radius 1 is 1.28 bits per heavy atom. The monoisotopic (exact) mass is 431 g/mol. The highest BCUT2D eigenvalue weighted by Crippen LogP contribution is 2.42. The van der Waals surface area contributed by atoms with Crippen LogP contribution in [0.15, 0.2) is 36.4 Å². The van der Waals surface area contributed by atoms with Crippen molar-refractivity contribution in [2.75, 3.05) is 13.7 Å². The predicted molar refractivity (Wildman–Crippen MR) is 98.6 cm³/mol. The zero-order valence-electron chi connectivity index (χ0n) is 15.3. The smallest absolute Gasteiger partial charge is 0.417 e. The number of aliphatic carboxylic acids is 1. The number of hydrogen-bond donors (Lipinski definition) is 1. The first-order valence-corrected chi connectivity index (χ1v) is 9.20. The number of methoxy groups -OCH3 is 1. The van der Waals surface area contributed by atoms with Crippen LogP contribution in [0.1, 0.15) is 35.6 Å². The zero-order valence-corrected chi connectivity index (χ0v) is 16.1. The average Bonchev–Trinajstić information content (AvgIpc) is 3.12. The number of benzene rings is 2. The Labute approximate surface area is 169 Å². The Balaban J connectivity index is 2.22. The lowest BCUT2D eigenvalue weighted by Crippen LogP contribution is -2.39. The van der Waals surface area contributed by atoms with Gasteiger partial charge in [0.15, 0.2) is 0 Å². The van der Waals surface area contributed by atoms with E-state index in [1.54, 1.807) is 4.90 Å². The van der Waals surface area contributed by atoms with Gasteiger partial charge in [0.1, 0.15) is 17.6 Å². The van der Waals surface area contributed by atoms with Crippen molar-refractivity contribution in [1.82, 2.24) is 4.90 Å². The largest absolute Gasteiger partial charge is 0.496 e. The van der Waals surface area contributed by atoms with Gasteiger partial charge in [0.25, 0.3) is 0 Å². The number of nitrogens with zero attached hydrogens (tertiary/aromatic N) is 1. The van der Waals surface area contributed by atoms with Gasteiger partial charge in [-0.05, 0) is 48.7 Å². The first kappa shape index (κ1) is 21.4. The van der Waals surface area contributed by atoms with E-state index < -0.39 is 40.6 Å². The molecule has 1 saturated heterocycles. The first-order valence-electron chi connectivity index (χ1n) is 8.82. The number of rotatable bonds is 5. The van der Waals surface area contributed by atoms with Gasteiger partial charge in [-0.2, -0.15) is 13.2 Å². The third-order valence-electron chi connectivity index (χ3n) is 5.01. The van der Waals surface area contributed by atoms with Gasteiger partial charge in [0.05, 0.1) is 23.7 Å². The molecule has 156 valence electrons. The van der Waals surface area contributed by atoms with Gasteiger partial charge >= 0.3 is 12.1 Å². The second-order valence-corrected chi connectivity index (χ2v) is 7.17. The molecule has 2 atom stereocenters. The highest BCUT2D eigenvalue weighted by atomic mass is 35.5. The molecule has 0 aromatic heterocycles. The Morgan fingerprint density at radius 3 is 2.62 bits per heavy atom. The maximum absolute atomic E-state index is 14.0. The van der Waals surface area contributed by atoms with Crippen molar-refractivity contribution in [2.45, 2.75) is 31.1 Å². The van der Waals surface area contributed by atoms with Gasteiger partial charge in [-0.1, -0.05) is 17.7 Å². The molecule has 1 aliphatic rings. The summed E-state index contributed by atoms with van der Waals surface area (Å²) in [5.74, 6) is -1.45. The van der Waals surface area contributed by atoms with E-state index in [0.29, 0.717) is 19.4 Å². The van der Waals surface area contributed by atoms with Crippen molar-refractivity contribution in [2.24, 2.45) is 0 Å².